The Balaban J connectivity index is 2.36. The monoisotopic (exact) mass is 210 g/mol. The third-order valence-corrected chi connectivity index (χ3v) is 2.59. The smallest absolute Gasteiger partial charge is 0.227 e. The molecule has 4 heteroatoms. The maximum atomic E-state index is 11.4. The van der Waals surface area contributed by atoms with Crippen molar-refractivity contribution in [1.29, 1.82) is 0 Å². The number of carbonyl (C=O) groups is 1. The van der Waals surface area contributed by atoms with Crippen molar-refractivity contribution in [3.63, 3.8) is 0 Å². The van der Waals surface area contributed by atoms with E-state index in [0.29, 0.717) is 17.1 Å². The number of hydrogen-bond acceptors (Lipinski definition) is 2. The highest BCUT2D eigenvalue weighted by Crippen LogP contribution is 2.29. The van der Waals surface area contributed by atoms with Gasteiger partial charge in [-0.3, -0.25) is 4.79 Å². The highest BCUT2D eigenvalue weighted by Gasteiger charge is 2.23. The molecule has 0 radical (unpaired) electrons. The Kier molecular flexibility index (Phi) is 2.33. The van der Waals surface area contributed by atoms with Crippen LogP contribution in [0.2, 0.25) is 5.02 Å². The minimum atomic E-state index is 0.138. The lowest BCUT2D eigenvalue weighted by molar-refractivity contribution is -0.117. The molecule has 0 spiro atoms. The SMILES string of the molecule is Nc1cc(Cl)ccc1N1CCCC1=O. The number of hydrogen-bond donors (Lipinski definition) is 1. The Morgan fingerprint density at radius 1 is 1.43 bits per heavy atom. The molecule has 1 saturated heterocycles. The third kappa shape index (κ3) is 1.55. The number of nitrogens with zero attached hydrogens (tertiary/aromatic N) is 1. The number of benzene rings is 1. The molecule has 0 aromatic heterocycles. The number of rotatable bonds is 1. The lowest BCUT2D eigenvalue weighted by Crippen LogP contribution is -2.24. The average molecular weight is 211 g/mol. The zero-order valence-electron chi connectivity index (χ0n) is 7.66. The Hall–Kier alpha value is -1.22. The van der Waals surface area contributed by atoms with Gasteiger partial charge in [0, 0.05) is 18.0 Å². The lowest BCUT2D eigenvalue weighted by atomic mass is 10.2. The summed E-state index contributed by atoms with van der Waals surface area (Å²) in [6, 6.07) is 5.21. The molecule has 1 amide bonds. The van der Waals surface area contributed by atoms with Crippen molar-refractivity contribution in [2.75, 3.05) is 17.2 Å². The van der Waals surface area contributed by atoms with Crippen molar-refractivity contribution in [3.05, 3.63) is 23.2 Å². The third-order valence-electron chi connectivity index (χ3n) is 2.35. The Labute approximate surface area is 87.4 Å². The van der Waals surface area contributed by atoms with E-state index < -0.39 is 0 Å². The van der Waals surface area contributed by atoms with Gasteiger partial charge in [-0.15, -0.1) is 0 Å². The molecule has 1 heterocycles. The van der Waals surface area contributed by atoms with Crippen molar-refractivity contribution < 1.29 is 4.79 Å². The molecule has 3 nitrogen and oxygen atoms in total. The van der Waals surface area contributed by atoms with E-state index in [1.165, 1.54) is 0 Å². The summed E-state index contributed by atoms with van der Waals surface area (Å²) in [6.45, 7) is 0.755. The summed E-state index contributed by atoms with van der Waals surface area (Å²) in [5.41, 5.74) is 7.12. The van der Waals surface area contributed by atoms with Crippen LogP contribution in [0, 0.1) is 0 Å². The van der Waals surface area contributed by atoms with Gasteiger partial charge in [-0.25, -0.2) is 0 Å². The van der Waals surface area contributed by atoms with Crippen LogP contribution in [-0.2, 0) is 4.79 Å². The van der Waals surface area contributed by atoms with Crippen LogP contribution >= 0.6 is 11.6 Å². The van der Waals surface area contributed by atoms with Crippen LogP contribution in [0.3, 0.4) is 0 Å². The minimum Gasteiger partial charge on any atom is -0.397 e. The maximum Gasteiger partial charge on any atom is 0.227 e. The topological polar surface area (TPSA) is 46.3 Å². The van der Waals surface area contributed by atoms with Gasteiger partial charge in [0.25, 0.3) is 0 Å². The molecule has 1 aliphatic rings. The number of anilines is 2. The molecular formula is C10H11ClN2O. The summed E-state index contributed by atoms with van der Waals surface area (Å²) in [4.78, 5) is 13.2. The van der Waals surface area contributed by atoms with E-state index in [1.807, 2.05) is 0 Å². The number of amides is 1. The number of nitrogens with two attached hydrogens (primary N) is 1. The van der Waals surface area contributed by atoms with Crippen molar-refractivity contribution in [1.82, 2.24) is 0 Å². The van der Waals surface area contributed by atoms with E-state index in [2.05, 4.69) is 0 Å². The van der Waals surface area contributed by atoms with E-state index in [0.717, 1.165) is 18.7 Å². The highest BCUT2D eigenvalue weighted by atomic mass is 35.5. The predicted octanol–water partition coefficient (Wildman–Crippen LogP) is 2.05. The van der Waals surface area contributed by atoms with Crippen LogP contribution < -0.4 is 10.6 Å². The fourth-order valence-electron chi connectivity index (χ4n) is 1.67. The van der Waals surface area contributed by atoms with E-state index in [9.17, 15) is 4.79 Å². The zero-order valence-corrected chi connectivity index (χ0v) is 8.42. The van der Waals surface area contributed by atoms with Gasteiger partial charge < -0.3 is 10.6 Å². The first-order chi connectivity index (χ1) is 6.68. The molecular weight excluding hydrogens is 200 g/mol. The van der Waals surface area contributed by atoms with Crippen molar-refractivity contribution in [2.45, 2.75) is 12.8 Å². The largest absolute Gasteiger partial charge is 0.397 e. The van der Waals surface area contributed by atoms with Crippen molar-refractivity contribution in [2.24, 2.45) is 0 Å². The van der Waals surface area contributed by atoms with Gasteiger partial charge in [-0.2, -0.15) is 0 Å². The van der Waals surface area contributed by atoms with Gasteiger partial charge in [0.1, 0.15) is 0 Å². The second-order valence-electron chi connectivity index (χ2n) is 3.35. The second-order valence-corrected chi connectivity index (χ2v) is 3.79. The first-order valence-corrected chi connectivity index (χ1v) is 4.91. The number of halogens is 1. The predicted molar refractivity (Wildman–Crippen MR) is 57.5 cm³/mol. The Morgan fingerprint density at radius 2 is 2.21 bits per heavy atom. The molecule has 1 aromatic rings. The summed E-state index contributed by atoms with van der Waals surface area (Å²) in [7, 11) is 0. The zero-order chi connectivity index (χ0) is 10.1. The van der Waals surface area contributed by atoms with Crippen LogP contribution in [0.15, 0.2) is 18.2 Å². The van der Waals surface area contributed by atoms with Crippen LogP contribution in [-0.4, -0.2) is 12.5 Å². The van der Waals surface area contributed by atoms with E-state index in [1.54, 1.807) is 23.1 Å². The summed E-state index contributed by atoms with van der Waals surface area (Å²) in [5.74, 6) is 0.138. The normalized spacial score (nSPS) is 16.4. The van der Waals surface area contributed by atoms with Crippen LogP contribution in [0.4, 0.5) is 11.4 Å². The molecule has 0 bridgehead atoms. The minimum absolute atomic E-state index is 0.138. The Morgan fingerprint density at radius 3 is 2.79 bits per heavy atom. The molecule has 1 aliphatic heterocycles. The quantitative estimate of drug-likeness (QED) is 0.722. The summed E-state index contributed by atoms with van der Waals surface area (Å²) in [5, 5.41) is 0.595. The van der Waals surface area contributed by atoms with Crippen LogP contribution in [0.1, 0.15) is 12.8 Å². The molecule has 2 rings (SSSR count). The highest BCUT2D eigenvalue weighted by molar-refractivity contribution is 6.31. The Bertz CT molecular complexity index is 378. The molecule has 0 aliphatic carbocycles. The fourth-order valence-corrected chi connectivity index (χ4v) is 1.85. The van der Waals surface area contributed by atoms with Crippen LogP contribution in [0.5, 0.6) is 0 Å². The number of carbonyl (C=O) groups excluding carboxylic acids is 1. The summed E-state index contributed by atoms with van der Waals surface area (Å²) < 4.78 is 0. The molecule has 0 saturated carbocycles. The van der Waals surface area contributed by atoms with Crippen molar-refractivity contribution >= 4 is 28.9 Å². The van der Waals surface area contributed by atoms with Crippen molar-refractivity contribution in [3.8, 4) is 0 Å². The van der Waals surface area contributed by atoms with E-state index >= 15 is 0 Å². The van der Waals surface area contributed by atoms with Gasteiger partial charge in [-0.05, 0) is 24.6 Å². The van der Waals surface area contributed by atoms with Gasteiger partial charge in [-0.1, -0.05) is 11.6 Å². The van der Waals surface area contributed by atoms with Gasteiger partial charge in [0.2, 0.25) is 5.91 Å². The maximum absolute atomic E-state index is 11.4. The van der Waals surface area contributed by atoms with Crippen LogP contribution in [0.25, 0.3) is 0 Å². The fraction of sp³-hybridized carbons (Fsp3) is 0.300. The standard InChI is InChI=1S/C10H11ClN2O/c11-7-3-4-9(8(12)6-7)13-5-1-2-10(13)14/h3-4,6H,1-2,5,12H2. The summed E-state index contributed by atoms with van der Waals surface area (Å²) in [6.07, 6.45) is 1.52. The molecule has 2 N–H and O–H groups in total. The van der Waals surface area contributed by atoms with E-state index in [4.69, 9.17) is 17.3 Å². The molecule has 0 atom stereocenters. The molecule has 1 fully saturated rings. The van der Waals surface area contributed by atoms with Gasteiger partial charge in [0.15, 0.2) is 0 Å². The molecule has 14 heavy (non-hydrogen) atoms. The first kappa shape index (κ1) is 9.34. The summed E-state index contributed by atoms with van der Waals surface area (Å²) >= 11 is 5.78. The lowest BCUT2D eigenvalue weighted by Gasteiger charge is -2.17. The van der Waals surface area contributed by atoms with Gasteiger partial charge >= 0.3 is 0 Å². The second kappa shape index (κ2) is 3.50. The van der Waals surface area contributed by atoms with E-state index in [-0.39, 0.29) is 5.91 Å². The van der Waals surface area contributed by atoms with Gasteiger partial charge in [0.05, 0.1) is 11.4 Å². The first-order valence-electron chi connectivity index (χ1n) is 4.54. The number of nitrogen functional groups attached to an aromatic ring is 1. The average Bonchev–Trinajstić information content (AvgIpc) is 2.52. The molecule has 1 aromatic carbocycles. The molecule has 0 unspecified atom stereocenters. The molecule has 74 valence electrons.